The van der Waals surface area contributed by atoms with Crippen molar-refractivity contribution in [3.63, 3.8) is 0 Å². The highest BCUT2D eigenvalue weighted by Crippen LogP contribution is 2.31. The van der Waals surface area contributed by atoms with E-state index in [9.17, 15) is 14.8 Å². The highest BCUT2D eigenvalue weighted by molar-refractivity contribution is 5.80. The number of hydrogen-bond donors (Lipinski definition) is 3. The van der Waals surface area contributed by atoms with Crippen molar-refractivity contribution in [3.8, 4) is 0 Å². The minimum atomic E-state index is -0.614. The predicted molar refractivity (Wildman–Crippen MR) is 120 cm³/mol. The number of fused-ring (bicyclic) bond motifs is 1. The van der Waals surface area contributed by atoms with Gasteiger partial charge in [0.25, 0.3) is 0 Å². The van der Waals surface area contributed by atoms with Crippen LogP contribution in [0.2, 0.25) is 0 Å². The zero-order valence-corrected chi connectivity index (χ0v) is 19.2. The highest BCUT2D eigenvalue weighted by atomic mass is 19.1. The number of amides is 2. The van der Waals surface area contributed by atoms with Crippen LogP contribution in [-0.4, -0.2) is 76.2 Å². The first-order valence-electron chi connectivity index (χ1n) is 11.9. The second-order valence-corrected chi connectivity index (χ2v) is 9.46. The summed E-state index contributed by atoms with van der Waals surface area (Å²) in [4.78, 5) is 36.6. The lowest BCUT2D eigenvalue weighted by Crippen LogP contribution is -2.50. The largest absolute Gasteiger partial charge is 0.351 e. The maximum atomic E-state index is 15.3. The Morgan fingerprint density at radius 3 is 2.79 bits per heavy atom. The smallest absolute Gasteiger partial charge is 0.243 e. The molecule has 3 fully saturated rings. The van der Waals surface area contributed by atoms with E-state index in [2.05, 4.69) is 25.7 Å². The minimum absolute atomic E-state index is 0.0874. The number of hydrogen-bond acceptors (Lipinski definition) is 8. The summed E-state index contributed by atoms with van der Waals surface area (Å²) < 4.78 is 15.3. The molecule has 2 atom stereocenters. The van der Waals surface area contributed by atoms with Crippen molar-refractivity contribution >= 4 is 24.0 Å². The van der Waals surface area contributed by atoms with Crippen LogP contribution in [0.15, 0.2) is 0 Å². The minimum Gasteiger partial charge on any atom is -0.351 e. The number of rotatable bonds is 9. The van der Waals surface area contributed by atoms with Crippen LogP contribution in [0.4, 0.5) is 16.0 Å². The van der Waals surface area contributed by atoms with Gasteiger partial charge in [-0.2, -0.15) is 4.39 Å². The number of hydrazine groups is 1. The molecule has 1 aliphatic carbocycles. The predicted octanol–water partition coefficient (Wildman–Crippen LogP) is 1.70. The molecule has 2 saturated heterocycles. The molecule has 1 aromatic rings. The van der Waals surface area contributed by atoms with Gasteiger partial charge in [-0.3, -0.25) is 30.5 Å². The van der Waals surface area contributed by atoms with Crippen LogP contribution in [0.3, 0.4) is 0 Å². The fraction of sp³-hybridized carbons (Fsp3) is 0.727. The van der Waals surface area contributed by atoms with Gasteiger partial charge < -0.3 is 4.90 Å². The average Bonchev–Trinajstić information content (AvgIpc) is 3.50. The Bertz CT molecular complexity index is 852. The molecule has 2 amide bonds. The van der Waals surface area contributed by atoms with Gasteiger partial charge in [0.05, 0.1) is 12.5 Å². The second-order valence-electron chi connectivity index (χ2n) is 9.46. The van der Waals surface area contributed by atoms with Crippen molar-refractivity contribution in [1.82, 2.24) is 25.4 Å². The van der Waals surface area contributed by atoms with Crippen molar-refractivity contribution in [3.05, 3.63) is 11.6 Å². The number of aryl methyl sites for hydroxylation is 1. The van der Waals surface area contributed by atoms with Gasteiger partial charge in [0, 0.05) is 25.7 Å². The zero-order chi connectivity index (χ0) is 23.4. The van der Waals surface area contributed by atoms with Crippen LogP contribution >= 0.6 is 0 Å². The standard InChI is InChI=1S/C22H34FN7O3/c1-15-24-20(19(23)21(25-15)29-10-9-28-8-4-7-18(28)13-29)26-27-22(32)17(12-30(33)14-31)11-16-5-2-3-6-16/h14,16-18,33H,2-13H2,1H3,(H,27,32)(H,24,25,26)/t17-,18-/m1/s1. The van der Waals surface area contributed by atoms with Gasteiger partial charge in [-0.15, -0.1) is 0 Å². The topological polar surface area (TPSA) is 114 Å². The normalized spacial score (nSPS) is 22.2. The Kier molecular flexibility index (Phi) is 7.59. The third-order valence-electron chi connectivity index (χ3n) is 7.13. The van der Waals surface area contributed by atoms with Crippen LogP contribution in [0.1, 0.15) is 50.8 Å². The molecular formula is C22H34FN7O3. The third kappa shape index (κ3) is 5.70. The van der Waals surface area contributed by atoms with Gasteiger partial charge in [-0.25, -0.2) is 15.0 Å². The molecular weight excluding hydrogens is 429 g/mol. The van der Waals surface area contributed by atoms with E-state index in [-0.39, 0.29) is 24.6 Å². The lowest BCUT2D eigenvalue weighted by Gasteiger charge is -2.38. The van der Waals surface area contributed by atoms with E-state index < -0.39 is 17.6 Å². The average molecular weight is 464 g/mol. The molecule has 10 nitrogen and oxygen atoms in total. The molecule has 2 aliphatic heterocycles. The van der Waals surface area contributed by atoms with Crippen molar-refractivity contribution in [2.24, 2.45) is 11.8 Å². The van der Waals surface area contributed by atoms with Crippen molar-refractivity contribution in [2.75, 3.05) is 43.0 Å². The summed E-state index contributed by atoms with van der Waals surface area (Å²) in [5, 5.41) is 10.1. The molecule has 3 aliphatic rings. The van der Waals surface area contributed by atoms with E-state index in [0.717, 1.165) is 51.7 Å². The van der Waals surface area contributed by atoms with Gasteiger partial charge in [0.2, 0.25) is 18.1 Å². The fourth-order valence-corrected chi connectivity index (χ4v) is 5.42. The van der Waals surface area contributed by atoms with Crippen LogP contribution < -0.4 is 15.8 Å². The Hall–Kier alpha value is -2.53. The molecule has 0 unspecified atom stereocenters. The molecule has 0 aromatic carbocycles. The maximum absolute atomic E-state index is 15.3. The molecule has 1 aromatic heterocycles. The summed E-state index contributed by atoms with van der Waals surface area (Å²) in [6.07, 6.45) is 7.41. The van der Waals surface area contributed by atoms with E-state index in [0.29, 0.717) is 35.8 Å². The fourth-order valence-electron chi connectivity index (χ4n) is 5.42. The molecule has 1 saturated carbocycles. The Balaban J connectivity index is 1.42. The van der Waals surface area contributed by atoms with Gasteiger partial charge in [-0.1, -0.05) is 25.7 Å². The number of carbonyl (C=O) groups excluding carboxylic acids is 2. The summed E-state index contributed by atoms with van der Waals surface area (Å²) in [7, 11) is 0. The Morgan fingerprint density at radius 2 is 2.03 bits per heavy atom. The van der Waals surface area contributed by atoms with Crippen LogP contribution in [0.25, 0.3) is 0 Å². The van der Waals surface area contributed by atoms with E-state index in [1.54, 1.807) is 6.92 Å². The van der Waals surface area contributed by atoms with Gasteiger partial charge in [-0.05, 0) is 38.6 Å². The third-order valence-corrected chi connectivity index (χ3v) is 7.13. The maximum Gasteiger partial charge on any atom is 0.243 e. The van der Waals surface area contributed by atoms with Crippen LogP contribution in [0.5, 0.6) is 0 Å². The van der Waals surface area contributed by atoms with E-state index in [1.165, 1.54) is 6.42 Å². The summed E-state index contributed by atoms with van der Waals surface area (Å²) in [6, 6.07) is 0.417. The van der Waals surface area contributed by atoms with Crippen molar-refractivity contribution in [2.45, 2.75) is 57.9 Å². The number of aromatic nitrogens is 2. The monoisotopic (exact) mass is 463 g/mol. The van der Waals surface area contributed by atoms with Crippen LogP contribution in [-0.2, 0) is 9.59 Å². The molecule has 0 bridgehead atoms. The highest BCUT2D eigenvalue weighted by Gasteiger charge is 2.33. The van der Waals surface area contributed by atoms with Crippen molar-refractivity contribution < 1.29 is 19.2 Å². The van der Waals surface area contributed by atoms with Gasteiger partial charge in [0.1, 0.15) is 5.82 Å². The summed E-state index contributed by atoms with van der Waals surface area (Å²) in [5.41, 5.74) is 5.16. The Morgan fingerprint density at radius 1 is 1.24 bits per heavy atom. The van der Waals surface area contributed by atoms with Crippen LogP contribution in [0, 0.1) is 24.6 Å². The summed E-state index contributed by atoms with van der Waals surface area (Å²) >= 11 is 0. The number of halogens is 1. The molecule has 4 rings (SSSR count). The molecule has 0 radical (unpaired) electrons. The first kappa shape index (κ1) is 23.6. The molecule has 11 heteroatoms. The first-order chi connectivity index (χ1) is 15.9. The first-order valence-corrected chi connectivity index (χ1v) is 11.9. The van der Waals surface area contributed by atoms with E-state index in [4.69, 9.17) is 0 Å². The number of carbonyl (C=O) groups is 2. The molecule has 182 valence electrons. The number of piperazine rings is 1. The Labute approximate surface area is 193 Å². The molecule has 0 spiro atoms. The summed E-state index contributed by atoms with van der Waals surface area (Å²) in [5.74, 6) is -0.694. The molecule has 33 heavy (non-hydrogen) atoms. The number of nitrogens with one attached hydrogen (secondary N) is 2. The molecule has 3 heterocycles. The lowest BCUT2D eigenvalue weighted by atomic mass is 9.92. The second kappa shape index (κ2) is 10.6. The number of hydroxylamine groups is 2. The zero-order valence-electron chi connectivity index (χ0n) is 19.2. The van der Waals surface area contributed by atoms with Crippen molar-refractivity contribution in [1.29, 1.82) is 0 Å². The molecule has 3 N–H and O–H groups in total. The van der Waals surface area contributed by atoms with Gasteiger partial charge >= 0.3 is 0 Å². The number of nitrogens with zero attached hydrogens (tertiary/aromatic N) is 5. The van der Waals surface area contributed by atoms with E-state index in [1.807, 2.05) is 4.90 Å². The van der Waals surface area contributed by atoms with E-state index >= 15 is 4.39 Å². The number of anilines is 2. The lowest BCUT2D eigenvalue weighted by molar-refractivity contribution is -0.154. The quantitative estimate of drug-likeness (QED) is 0.288. The van der Waals surface area contributed by atoms with Gasteiger partial charge in [0.15, 0.2) is 11.6 Å². The SMILES string of the molecule is Cc1nc(NNC(=O)[C@H](CC2CCCC2)CN(O)C=O)c(F)c(N2CCN3CCC[C@@H]3C2)n1. The summed E-state index contributed by atoms with van der Waals surface area (Å²) in [6.45, 7) is 4.97.